The molecule has 1 aliphatic rings. The summed E-state index contributed by atoms with van der Waals surface area (Å²) in [6.45, 7) is 1.35. The molecule has 2 aromatic carbocycles. The largest absolute Gasteiger partial charge is 0.489 e. The number of hydrogen-bond acceptors (Lipinski definition) is 6. The van der Waals surface area contributed by atoms with Crippen molar-refractivity contribution in [1.82, 2.24) is 20.0 Å². The fourth-order valence-corrected chi connectivity index (χ4v) is 4.75. The van der Waals surface area contributed by atoms with Crippen LogP contribution in [0.2, 0.25) is 0 Å². The van der Waals surface area contributed by atoms with E-state index < -0.39 is 27.9 Å². The van der Waals surface area contributed by atoms with Gasteiger partial charge in [0.05, 0.1) is 10.5 Å². The molecule has 0 bridgehead atoms. The van der Waals surface area contributed by atoms with Crippen molar-refractivity contribution in [3.05, 3.63) is 72.6 Å². The van der Waals surface area contributed by atoms with Gasteiger partial charge in [-0.15, -0.1) is 0 Å². The summed E-state index contributed by atoms with van der Waals surface area (Å²) in [5.41, 5.74) is -0.0934. The van der Waals surface area contributed by atoms with E-state index in [-0.39, 0.29) is 23.1 Å². The summed E-state index contributed by atoms with van der Waals surface area (Å²) in [6, 6.07) is 12.3. The Labute approximate surface area is 195 Å². The molecule has 1 saturated heterocycles. The predicted octanol–water partition coefficient (Wildman–Crippen LogP) is 3.50. The highest BCUT2D eigenvalue weighted by atomic mass is 32.2. The van der Waals surface area contributed by atoms with Gasteiger partial charge in [0.1, 0.15) is 11.9 Å². The molecule has 0 radical (unpaired) electrons. The molecule has 180 valence electrons. The van der Waals surface area contributed by atoms with E-state index in [4.69, 9.17) is 4.74 Å². The van der Waals surface area contributed by atoms with Crippen molar-refractivity contribution in [2.24, 2.45) is 5.92 Å². The molecule has 2 atom stereocenters. The Morgan fingerprint density at radius 2 is 1.74 bits per heavy atom. The number of hydrogen-bond donors (Lipinski definition) is 2. The van der Waals surface area contributed by atoms with E-state index in [1.807, 2.05) is 0 Å². The van der Waals surface area contributed by atoms with Crippen LogP contribution in [-0.2, 0) is 16.2 Å². The van der Waals surface area contributed by atoms with Crippen molar-refractivity contribution in [1.29, 1.82) is 0 Å². The maximum absolute atomic E-state index is 12.9. The van der Waals surface area contributed by atoms with Crippen LogP contribution < -0.4 is 14.8 Å². The molecule has 2 heterocycles. The zero-order valence-electron chi connectivity index (χ0n) is 18.0. The van der Waals surface area contributed by atoms with Gasteiger partial charge in [0.25, 0.3) is 0 Å². The highest BCUT2D eigenvalue weighted by Gasteiger charge is 2.31. The fraction of sp³-hybridized carbons (Fsp3) is 0.304. The Morgan fingerprint density at radius 3 is 2.32 bits per heavy atom. The van der Waals surface area contributed by atoms with Gasteiger partial charge < -0.3 is 10.1 Å². The number of rotatable bonds is 8. The Hall–Kier alpha value is -3.02. The van der Waals surface area contributed by atoms with E-state index in [0.29, 0.717) is 17.9 Å². The van der Waals surface area contributed by atoms with Gasteiger partial charge in [0.15, 0.2) is 5.82 Å². The van der Waals surface area contributed by atoms with E-state index >= 15 is 0 Å². The third-order valence-corrected chi connectivity index (χ3v) is 7.00. The quantitative estimate of drug-likeness (QED) is 0.500. The molecule has 34 heavy (non-hydrogen) atoms. The van der Waals surface area contributed by atoms with E-state index in [1.54, 1.807) is 30.6 Å². The number of benzene rings is 2. The molecular weight excluding hydrogens is 469 g/mol. The third kappa shape index (κ3) is 5.91. The smallest absolute Gasteiger partial charge is 0.416 e. The maximum atomic E-state index is 12.9. The number of alkyl halides is 3. The number of aromatic nitrogens is 2. The minimum atomic E-state index is -4.44. The van der Waals surface area contributed by atoms with Crippen LogP contribution >= 0.6 is 0 Å². The molecule has 0 aliphatic carbocycles. The zero-order chi connectivity index (χ0) is 24.2. The van der Waals surface area contributed by atoms with Crippen LogP contribution in [0.3, 0.4) is 0 Å². The van der Waals surface area contributed by atoms with E-state index in [0.717, 1.165) is 25.1 Å². The Kier molecular flexibility index (Phi) is 7.15. The van der Waals surface area contributed by atoms with Crippen LogP contribution in [0.1, 0.15) is 12.0 Å². The molecule has 3 aromatic rings. The number of ether oxygens (including phenoxy) is 1. The molecule has 11 heteroatoms. The maximum Gasteiger partial charge on any atom is 0.416 e. The SMILES string of the molecule is O=S(=O)(NC[C@@H](Oc1ccc(C(F)(F)F)cc1)[C@H]1CCNC1)c1ccc(-c2ncccn2)cc1. The molecule has 0 amide bonds. The Balaban J connectivity index is 1.45. The molecule has 1 fully saturated rings. The summed E-state index contributed by atoms with van der Waals surface area (Å²) >= 11 is 0. The van der Waals surface area contributed by atoms with Gasteiger partial charge in [-0.2, -0.15) is 13.2 Å². The summed E-state index contributed by atoms with van der Waals surface area (Å²) in [4.78, 5) is 8.36. The topological polar surface area (TPSA) is 93.2 Å². The van der Waals surface area contributed by atoms with Crippen molar-refractivity contribution in [2.75, 3.05) is 19.6 Å². The normalized spacial score (nSPS) is 17.4. The van der Waals surface area contributed by atoms with Gasteiger partial charge in [-0.05, 0) is 67.6 Å². The molecule has 0 unspecified atom stereocenters. The monoisotopic (exact) mass is 492 g/mol. The van der Waals surface area contributed by atoms with Gasteiger partial charge in [0.2, 0.25) is 10.0 Å². The Bertz CT molecular complexity index is 1180. The molecule has 7 nitrogen and oxygen atoms in total. The highest BCUT2D eigenvalue weighted by molar-refractivity contribution is 7.89. The molecule has 0 spiro atoms. The summed E-state index contributed by atoms with van der Waals surface area (Å²) in [5, 5.41) is 3.20. The number of nitrogens with zero attached hydrogens (tertiary/aromatic N) is 2. The lowest BCUT2D eigenvalue weighted by atomic mass is 10.0. The minimum absolute atomic E-state index is 0.00241. The van der Waals surface area contributed by atoms with E-state index in [2.05, 4.69) is 20.0 Å². The van der Waals surface area contributed by atoms with Crippen molar-refractivity contribution in [2.45, 2.75) is 23.6 Å². The molecule has 2 N–H and O–H groups in total. The average Bonchev–Trinajstić information content (AvgIpc) is 3.37. The van der Waals surface area contributed by atoms with E-state index in [1.165, 1.54) is 24.3 Å². The van der Waals surface area contributed by atoms with E-state index in [9.17, 15) is 21.6 Å². The number of nitrogens with one attached hydrogen (secondary N) is 2. The van der Waals surface area contributed by atoms with Crippen molar-refractivity contribution in [3.8, 4) is 17.1 Å². The van der Waals surface area contributed by atoms with Gasteiger partial charge in [0, 0.05) is 37.0 Å². The number of sulfonamides is 1. The summed E-state index contributed by atoms with van der Waals surface area (Å²) in [6.07, 6.45) is -1.03. The second-order valence-corrected chi connectivity index (χ2v) is 9.65. The first kappa shape index (κ1) is 24.1. The zero-order valence-corrected chi connectivity index (χ0v) is 18.8. The van der Waals surface area contributed by atoms with Crippen LogP contribution in [0.4, 0.5) is 13.2 Å². The van der Waals surface area contributed by atoms with Crippen LogP contribution in [0.5, 0.6) is 5.75 Å². The number of halogens is 3. The average molecular weight is 493 g/mol. The standard InChI is InChI=1S/C23H23F3N4O3S/c24-23(25,26)18-4-6-19(7-5-18)33-21(17-10-13-27-14-17)15-30-34(31,32)20-8-2-16(3-9-20)22-28-11-1-12-29-22/h1-9,11-12,17,21,27,30H,10,13-15H2/t17-,21+/m0/s1. The third-order valence-electron chi connectivity index (χ3n) is 5.56. The van der Waals surface area contributed by atoms with Crippen molar-refractivity contribution >= 4 is 10.0 Å². The highest BCUT2D eigenvalue weighted by Crippen LogP contribution is 2.31. The predicted molar refractivity (Wildman–Crippen MR) is 119 cm³/mol. The van der Waals surface area contributed by atoms with Gasteiger partial charge in [-0.25, -0.2) is 23.1 Å². The minimum Gasteiger partial charge on any atom is -0.489 e. The molecule has 1 aromatic heterocycles. The summed E-state index contributed by atoms with van der Waals surface area (Å²) in [7, 11) is -3.84. The van der Waals surface area contributed by atoms with Crippen LogP contribution in [0.15, 0.2) is 71.9 Å². The molecule has 1 aliphatic heterocycles. The summed E-state index contributed by atoms with van der Waals surface area (Å²) in [5.74, 6) is 0.733. The van der Waals surface area contributed by atoms with Crippen molar-refractivity contribution in [3.63, 3.8) is 0 Å². The fourth-order valence-electron chi connectivity index (χ4n) is 3.70. The van der Waals surface area contributed by atoms with Gasteiger partial charge >= 0.3 is 6.18 Å². The van der Waals surface area contributed by atoms with Crippen molar-refractivity contribution < 1.29 is 26.3 Å². The Morgan fingerprint density at radius 1 is 1.06 bits per heavy atom. The lowest BCUT2D eigenvalue weighted by Crippen LogP contribution is -2.40. The first-order valence-electron chi connectivity index (χ1n) is 10.6. The van der Waals surface area contributed by atoms with Crippen LogP contribution in [-0.4, -0.2) is 44.1 Å². The lowest BCUT2D eigenvalue weighted by molar-refractivity contribution is -0.137. The second kappa shape index (κ2) is 10.1. The van der Waals surface area contributed by atoms with Crippen LogP contribution in [0, 0.1) is 5.92 Å². The first-order valence-corrected chi connectivity index (χ1v) is 12.1. The van der Waals surface area contributed by atoms with Gasteiger partial charge in [-0.1, -0.05) is 0 Å². The first-order chi connectivity index (χ1) is 16.2. The molecular formula is C23H23F3N4O3S. The molecule has 0 saturated carbocycles. The molecule has 4 rings (SSSR count). The van der Waals surface area contributed by atoms with Gasteiger partial charge in [-0.3, -0.25) is 0 Å². The summed E-state index contributed by atoms with van der Waals surface area (Å²) < 4.78 is 72.7. The lowest BCUT2D eigenvalue weighted by Gasteiger charge is -2.25. The van der Waals surface area contributed by atoms with Crippen LogP contribution in [0.25, 0.3) is 11.4 Å². The second-order valence-electron chi connectivity index (χ2n) is 7.88.